The molecule has 11 atom stereocenters. The van der Waals surface area contributed by atoms with Gasteiger partial charge >= 0.3 is 35.9 Å². The molecule has 18 heteroatoms. The van der Waals surface area contributed by atoms with Crippen molar-refractivity contribution in [1.29, 1.82) is 0 Å². The third-order valence-electron chi connectivity index (χ3n) is 14.1. The molecule has 3 unspecified atom stereocenters. The van der Waals surface area contributed by atoms with Crippen LogP contribution in [-0.4, -0.2) is 137 Å². The third kappa shape index (κ3) is 10.2. The number of nitrogens with zero attached hydrogens (tertiary/aromatic N) is 1. The fourth-order valence-corrected chi connectivity index (χ4v) is 10.8. The van der Waals surface area contributed by atoms with Crippen molar-refractivity contribution in [2.45, 2.75) is 148 Å². The van der Waals surface area contributed by atoms with Gasteiger partial charge in [-0.3, -0.25) is 24.1 Å². The fraction of sp³-hybridized carbons (Fsp3) is 0.588. The van der Waals surface area contributed by atoms with E-state index >= 15 is 9.59 Å². The summed E-state index contributed by atoms with van der Waals surface area (Å²) < 4.78 is 42.3. The van der Waals surface area contributed by atoms with E-state index in [2.05, 4.69) is 5.32 Å². The Morgan fingerprint density at radius 1 is 0.928 bits per heavy atom. The number of alkyl carbamates (subject to hydrolysis) is 1. The first kappa shape index (κ1) is 52.7. The molecule has 2 saturated carbocycles. The molecule has 3 fully saturated rings. The summed E-state index contributed by atoms with van der Waals surface area (Å²) in [6.45, 7) is 15.0. The topological polar surface area (TPSA) is 240 Å². The van der Waals surface area contributed by atoms with Gasteiger partial charge in [-0.2, -0.15) is 0 Å². The maximum Gasteiger partial charge on any atom is 0.408 e. The van der Waals surface area contributed by atoms with E-state index in [0.29, 0.717) is 18.5 Å². The second-order valence-corrected chi connectivity index (χ2v) is 20.4. The van der Waals surface area contributed by atoms with E-state index in [1.165, 1.54) is 26.0 Å². The van der Waals surface area contributed by atoms with Gasteiger partial charge in [-0.15, -0.1) is 0 Å². The van der Waals surface area contributed by atoms with Crippen molar-refractivity contribution in [3.05, 3.63) is 82.9 Å². The van der Waals surface area contributed by atoms with Gasteiger partial charge in [-0.05, 0) is 83.5 Å². The van der Waals surface area contributed by atoms with E-state index in [1.54, 1.807) is 95.1 Å². The van der Waals surface area contributed by atoms with Gasteiger partial charge in [-0.25, -0.2) is 14.4 Å². The van der Waals surface area contributed by atoms with Crippen LogP contribution in [0.25, 0.3) is 0 Å². The highest BCUT2D eigenvalue weighted by molar-refractivity contribution is 5.95. The number of aliphatic hydroxyl groups is 2. The van der Waals surface area contributed by atoms with E-state index in [9.17, 15) is 34.2 Å². The van der Waals surface area contributed by atoms with Gasteiger partial charge in [0.2, 0.25) is 6.10 Å². The number of rotatable bonds is 14. The molecule has 3 N–H and O–H groups in total. The quantitative estimate of drug-likeness (QED) is 0.132. The van der Waals surface area contributed by atoms with Crippen molar-refractivity contribution in [2.24, 2.45) is 16.7 Å². The van der Waals surface area contributed by atoms with E-state index in [0.717, 1.165) is 13.8 Å². The van der Waals surface area contributed by atoms with Crippen LogP contribution in [-0.2, 0) is 57.1 Å². The minimum absolute atomic E-state index is 0.0309. The molecule has 0 spiro atoms. The van der Waals surface area contributed by atoms with Crippen molar-refractivity contribution in [2.75, 3.05) is 26.7 Å². The zero-order valence-corrected chi connectivity index (χ0v) is 41.2. The number of benzene rings is 2. The lowest BCUT2D eigenvalue weighted by Crippen LogP contribution is -2.82. The lowest BCUT2D eigenvalue weighted by molar-refractivity contribution is -0.346. The third-order valence-corrected chi connectivity index (χ3v) is 14.1. The first-order chi connectivity index (χ1) is 32.2. The summed E-state index contributed by atoms with van der Waals surface area (Å²) in [5.74, 6) is -7.18. The van der Waals surface area contributed by atoms with Crippen LogP contribution >= 0.6 is 0 Å². The highest BCUT2D eigenvalue weighted by atomic mass is 16.6. The molecule has 18 nitrogen and oxygen atoms in total. The molecular formula is C51H66N2O16. The van der Waals surface area contributed by atoms with Gasteiger partial charge in [0.1, 0.15) is 35.6 Å². The summed E-state index contributed by atoms with van der Waals surface area (Å²) in [7, 11) is 1.69. The van der Waals surface area contributed by atoms with Gasteiger partial charge in [0.05, 0.1) is 36.2 Å². The normalized spacial score (nSPS) is 30.1. The molecule has 1 aliphatic heterocycles. The van der Waals surface area contributed by atoms with Gasteiger partial charge in [0.25, 0.3) is 0 Å². The molecular weight excluding hydrogens is 897 g/mol. The second kappa shape index (κ2) is 20.0. The Kier molecular flexibility index (Phi) is 15.2. The predicted molar refractivity (Wildman–Crippen MR) is 245 cm³/mol. The van der Waals surface area contributed by atoms with Crippen LogP contribution in [0.5, 0.6) is 0 Å². The minimum Gasteiger partial charge on any atom is -0.455 e. The molecule has 0 aromatic heterocycles. The molecule has 376 valence electrons. The molecule has 4 aliphatic rings. The van der Waals surface area contributed by atoms with Crippen molar-refractivity contribution in [3.8, 4) is 0 Å². The summed E-state index contributed by atoms with van der Waals surface area (Å²) >= 11 is 0. The number of ether oxygens (including phenoxy) is 7. The molecule has 3 aliphatic carbocycles. The smallest absolute Gasteiger partial charge is 0.408 e. The van der Waals surface area contributed by atoms with Crippen LogP contribution in [0.3, 0.4) is 0 Å². The lowest BCUT2D eigenvalue weighted by atomic mass is 9.44. The molecule has 2 aromatic rings. The number of nitrogens with one attached hydrogen (secondary N) is 1. The Hall–Kier alpha value is -5.69. The molecule has 0 radical (unpaired) electrons. The first-order valence-corrected chi connectivity index (χ1v) is 23.2. The Morgan fingerprint density at radius 3 is 2.10 bits per heavy atom. The number of fused-ring (bicyclic) bond motifs is 5. The van der Waals surface area contributed by atoms with Crippen LogP contribution in [0.1, 0.15) is 110 Å². The number of aliphatic hydroxyl groups excluding tert-OH is 1. The number of hydrogen-bond donors (Lipinski definition) is 3. The van der Waals surface area contributed by atoms with Crippen LogP contribution < -0.4 is 5.32 Å². The van der Waals surface area contributed by atoms with Crippen LogP contribution in [0.15, 0.2) is 71.8 Å². The fourth-order valence-electron chi connectivity index (χ4n) is 10.8. The summed E-state index contributed by atoms with van der Waals surface area (Å²) in [6.07, 6.45) is -10.9. The van der Waals surface area contributed by atoms with Gasteiger partial charge < -0.3 is 48.7 Å². The van der Waals surface area contributed by atoms with Gasteiger partial charge in [0.15, 0.2) is 17.5 Å². The number of esters is 5. The van der Waals surface area contributed by atoms with Crippen molar-refractivity contribution in [1.82, 2.24) is 10.2 Å². The van der Waals surface area contributed by atoms with Crippen LogP contribution in [0.4, 0.5) is 4.79 Å². The van der Waals surface area contributed by atoms with E-state index in [-0.39, 0.29) is 36.3 Å². The average Bonchev–Trinajstić information content (AvgIpc) is 3.25. The van der Waals surface area contributed by atoms with Crippen LogP contribution in [0.2, 0.25) is 0 Å². The van der Waals surface area contributed by atoms with Crippen molar-refractivity contribution < 1.29 is 76.9 Å². The summed E-state index contributed by atoms with van der Waals surface area (Å²) in [5, 5.41) is 28.8. The van der Waals surface area contributed by atoms with Gasteiger partial charge in [-0.1, -0.05) is 69.3 Å². The predicted octanol–water partition coefficient (Wildman–Crippen LogP) is 4.72. The molecule has 2 aromatic carbocycles. The van der Waals surface area contributed by atoms with E-state index in [1.807, 2.05) is 6.92 Å². The zero-order valence-electron chi connectivity index (χ0n) is 41.2. The number of amides is 1. The number of carbonyl (C=O) groups excluding carboxylic acids is 7. The van der Waals surface area contributed by atoms with E-state index in [4.69, 9.17) is 33.2 Å². The summed E-state index contributed by atoms with van der Waals surface area (Å²) in [5.41, 5.74) is -8.56. The Labute approximate surface area is 402 Å². The average molecular weight is 963 g/mol. The largest absolute Gasteiger partial charge is 0.455 e. The number of likely N-dealkylation sites (N-methyl/N-ethyl adjacent to an activating group) is 1. The molecule has 2 bridgehead atoms. The molecule has 1 heterocycles. The lowest BCUT2D eigenvalue weighted by Gasteiger charge is -2.67. The highest BCUT2D eigenvalue weighted by Crippen LogP contribution is 2.64. The first-order valence-electron chi connectivity index (χ1n) is 23.2. The summed E-state index contributed by atoms with van der Waals surface area (Å²) in [4.78, 5) is 101. The monoisotopic (exact) mass is 962 g/mol. The van der Waals surface area contributed by atoms with Gasteiger partial charge in [0, 0.05) is 32.1 Å². The van der Waals surface area contributed by atoms with Crippen molar-refractivity contribution in [3.63, 3.8) is 0 Å². The molecule has 69 heavy (non-hydrogen) atoms. The Morgan fingerprint density at radius 2 is 1.55 bits per heavy atom. The number of carbonyl (C=O) groups is 7. The zero-order chi connectivity index (χ0) is 51.0. The number of Topliss-reactive ketones (excluding diaryl/α,β-unsaturated/α-hetero) is 1. The standard InChI is InChI=1S/C51H66N2O16/c1-12-23-53(11)26-36(57)66-40(38(31-19-15-13-16-20-31)52-46(61)69-47(5,6)7)45(60)65-33-25-51(62)43(67-44(59)32-21-17-14-18-22-32)41-49(10,34(56)24-35-50(41,27-63-35)68-30(4)55)42(58)39(64-29(3)54)37(28(33)2)48(51,8)9/h13-22,33-35,38-41,43,56,62H,12,23-27H2,1-11H3,(H,52,61)/t33-,34-,35?,38-,39+,40+,41?,43?,49+,50-,51+/m0/s1. The number of hydrogen-bond acceptors (Lipinski definition) is 17. The second-order valence-electron chi connectivity index (χ2n) is 20.4. The molecule has 6 rings (SSSR count). The van der Waals surface area contributed by atoms with Crippen molar-refractivity contribution >= 4 is 41.7 Å². The minimum atomic E-state index is -2.45. The highest BCUT2D eigenvalue weighted by Gasteiger charge is 2.78. The maximum absolute atomic E-state index is 15.7. The Balaban J connectivity index is 1.57. The molecule has 1 saturated heterocycles. The van der Waals surface area contributed by atoms with Crippen LogP contribution in [0, 0.1) is 16.7 Å². The molecule has 1 amide bonds. The number of ketones is 1. The maximum atomic E-state index is 15.7. The van der Waals surface area contributed by atoms with E-state index < -0.39 is 124 Å². The Bertz CT molecular complexity index is 2330. The SMILES string of the molecule is CCCN(C)CC(=O)O[C@@H](C(=O)O[C@H]1C[C@@]2(O)C(OC(=O)c3ccccc3)C3[C@]4(OC(C)=O)COC4C[C@H](O)[C@@]3(C)C(=O)[C@H](OC(C)=O)C(=C1C)C2(C)C)[C@@H](NC(=O)OC(C)(C)C)c1ccccc1. The summed E-state index contributed by atoms with van der Waals surface area (Å²) in [6, 6.07) is 14.6.